The molecule has 1 aliphatic heterocycles. The molecule has 1 fully saturated rings. The standard InChI is InChI=1S/C14H17NO2/c1-2-13(12-9-6-10-15-12)17-14(16)11-7-4-3-5-8-11/h2-5,7-8,12-13,15H,1,6,9-10H2/t12-,13?/m0/s1. The molecular weight excluding hydrogens is 214 g/mol. The van der Waals surface area contributed by atoms with Gasteiger partial charge in [-0.15, -0.1) is 0 Å². The molecule has 0 saturated carbocycles. The summed E-state index contributed by atoms with van der Waals surface area (Å²) in [6.45, 7) is 4.72. The molecule has 0 aromatic heterocycles. The van der Waals surface area contributed by atoms with Gasteiger partial charge in [0.2, 0.25) is 0 Å². The first-order chi connectivity index (χ1) is 8.31. The fraction of sp³-hybridized carbons (Fsp3) is 0.357. The highest BCUT2D eigenvalue weighted by Gasteiger charge is 2.25. The van der Waals surface area contributed by atoms with Gasteiger partial charge in [-0.05, 0) is 37.6 Å². The Morgan fingerprint density at radius 2 is 2.24 bits per heavy atom. The molecule has 1 unspecified atom stereocenters. The summed E-state index contributed by atoms with van der Waals surface area (Å²) in [7, 11) is 0. The van der Waals surface area contributed by atoms with Crippen LogP contribution in [-0.4, -0.2) is 24.7 Å². The number of benzene rings is 1. The number of carbonyl (C=O) groups excluding carboxylic acids is 1. The maximum absolute atomic E-state index is 11.9. The van der Waals surface area contributed by atoms with E-state index in [2.05, 4.69) is 11.9 Å². The Kier molecular flexibility index (Phi) is 3.94. The van der Waals surface area contributed by atoms with E-state index in [4.69, 9.17) is 4.74 Å². The van der Waals surface area contributed by atoms with Gasteiger partial charge in [-0.25, -0.2) is 4.79 Å². The molecule has 3 heteroatoms. The SMILES string of the molecule is C=CC(OC(=O)c1ccccc1)[C@@H]1CCCN1. The lowest BCUT2D eigenvalue weighted by Gasteiger charge is -2.20. The molecule has 0 radical (unpaired) electrons. The Labute approximate surface area is 101 Å². The minimum Gasteiger partial charge on any atom is -0.453 e. The topological polar surface area (TPSA) is 38.3 Å². The van der Waals surface area contributed by atoms with Crippen LogP contribution in [0.15, 0.2) is 43.0 Å². The summed E-state index contributed by atoms with van der Waals surface area (Å²) < 4.78 is 5.45. The first-order valence-corrected chi connectivity index (χ1v) is 5.93. The monoisotopic (exact) mass is 231 g/mol. The maximum Gasteiger partial charge on any atom is 0.338 e. The third-order valence-electron chi connectivity index (χ3n) is 2.98. The van der Waals surface area contributed by atoms with Crippen molar-refractivity contribution in [1.82, 2.24) is 5.32 Å². The van der Waals surface area contributed by atoms with Crippen molar-refractivity contribution in [3.05, 3.63) is 48.6 Å². The van der Waals surface area contributed by atoms with Crippen LogP contribution in [0.1, 0.15) is 23.2 Å². The number of rotatable bonds is 4. The van der Waals surface area contributed by atoms with Gasteiger partial charge < -0.3 is 10.1 Å². The van der Waals surface area contributed by atoms with E-state index >= 15 is 0 Å². The highest BCUT2D eigenvalue weighted by molar-refractivity contribution is 5.89. The molecule has 1 N–H and O–H groups in total. The molecule has 17 heavy (non-hydrogen) atoms. The number of hydrogen-bond acceptors (Lipinski definition) is 3. The van der Waals surface area contributed by atoms with Crippen molar-refractivity contribution in [3.63, 3.8) is 0 Å². The lowest BCUT2D eigenvalue weighted by atomic mass is 10.1. The number of carbonyl (C=O) groups is 1. The number of nitrogens with one attached hydrogen (secondary N) is 1. The normalized spacial score (nSPS) is 20.8. The molecule has 0 amide bonds. The fourth-order valence-corrected chi connectivity index (χ4v) is 2.05. The third kappa shape index (κ3) is 2.94. The largest absolute Gasteiger partial charge is 0.453 e. The van der Waals surface area contributed by atoms with Crippen LogP contribution in [0.4, 0.5) is 0 Å². The van der Waals surface area contributed by atoms with Crippen LogP contribution in [0.5, 0.6) is 0 Å². The van der Waals surface area contributed by atoms with E-state index in [1.807, 2.05) is 18.2 Å². The van der Waals surface area contributed by atoms with Crippen LogP contribution in [0.2, 0.25) is 0 Å². The zero-order chi connectivity index (χ0) is 12.1. The Hall–Kier alpha value is -1.61. The molecule has 2 rings (SSSR count). The first kappa shape index (κ1) is 11.9. The zero-order valence-electron chi connectivity index (χ0n) is 9.76. The highest BCUT2D eigenvalue weighted by Crippen LogP contribution is 2.14. The van der Waals surface area contributed by atoms with E-state index in [0.717, 1.165) is 19.4 Å². The molecule has 2 atom stereocenters. The second-order valence-corrected chi connectivity index (χ2v) is 4.17. The first-order valence-electron chi connectivity index (χ1n) is 5.93. The summed E-state index contributed by atoms with van der Waals surface area (Å²) in [5, 5.41) is 3.32. The minimum absolute atomic E-state index is 0.208. The van der Waals surface area contributed by atoms with Gasteiger partial charge in [0.15, 0.2) is 0 Å². The molecule has 0 aliphatic carbocycles. The summed E-state index contributed by atoms with van der Waals surface area (Å²) in [6.07, 6.45) is 3.60. The lowest BCUT2D eigenvalue weighted by Crippen LogP contribution is -2.36. The van der Waals surface area contributed by atoms with Gasteiger partial charge in [0.05, 0.1) is 5.56 Å². The summed E-state index contributed by atoms with van der Waals surface area (Å²) >= 11 is 0. The maximum atomic E-state index is 11.9. The van der Waals surface area contributed by atoms with Crippen molar-refractivity contribution in [1.29, 1.82) is 0 Å². The summed E-state index contributed by atoms with van der Waals surface area (Å²) in [4.78, 5) is 11.9. The van der Waals surface area contributed by atoms with Crippen LogP contribution in [0.3, 0.4) is 0 Å². The zero-order valence-corrected chi connectivity index (χ0v) is 9.76. The minimum atomic E-state index is -0.288. The van der Waals surface area contributed by atoms with Gasteiger partial charge in [-0.3, -0.25) is 0 Å². The van der Waals surface area contributed by atoms with Crippen LogP contribution in [0.25, 0.3) is 0 Å². The molecule has 1 aromatic carbocycles. The Bertz CT molecular complexity index is 382. The van der Waals surface area contributed by atoms with Crippen molar-refractivity contribution in [2.45, 2.75) is 25.0 Å². The van der Waals surface area contributed by atoms with E-state index in [9.17, 15) is 4.79 Å². The van der Waals surface area contributed by atoms with Crippen LogP contribution in [-0.2, 0) is 4.74 Å². The van der Waals surface area contributed by atoms with Crippen molar-refractivity contribution in [2.24, 2.45) is 0 Å². The molecule has 0 spiro atoms. The van der Waals surface area contributed by atoms with Crippen molar-refractivity contribution in [2.75, 3.05) is 6.54 Å². The molecule has 1 heterocycles. The van der Waals surface area contributed by atoms with Crippen LogP contribution in [0, 0.1) is 0 Å². The van der Waals surface area contributed by atoms with E-state index in [1.165, 1.54) is 0 Å². The average molecular weight is 231 g/mol. The number of hydrogen-bond donors (Lipinski definition) is 1. The lowest BCUT2D eigenvalue weighted by molar-refractivity contribution is 0.0335. The Balaban J connectivity index is 1.99. The smallest absolute Gasteiger partial charge is 0.338 e. The summed E-state index contributed by atoms with van der Waals surface area (Å²) in [5.41, 5.74) is 0.581. The Morgan fingerprint density at radius 1 is 1.47 bits per heavy atom. The van der Waals surface area contributed by atoms with Gasteiger partial charge in [0.1, 0.15) is 6.10 Å². The van der Waals surface area contributed by atoms with Gasteiger partial charge >= 0.3 is 5.97 Å². The third-order valence-corrected chi connectivity index (χ3v) is 2.98. The van der Waals surface area contributed by atoms with Gasteiger partial charge in [-0.2, -0.15) is 0 Å². The van der Waals surface area contributed by atoms with Gasteiger partial charge in [-0.1, -0.05) is 24.8 Å². The van der Waals surface area contributed by atoms with E-state index in [0.29, 0.717) is 5.56 Å². The molecule has 1 aliphatic rings. The number of esters is 1. The molecule has 0 bridgehead atoms. The van der Waals surface area contributed by atoms with Crippen LogP contribution >= 0.6 is 0 Å². The second kappa shape index (κ2) is 5.64. The molecular formula is C14H17NO2. The highest BCUT2D eigenvalue weighted by atomic mass is 16.5. The van der Waals surface area contributed by atoms with Crippen molar-refractivity contribution in [3.8, 4) is 0 Å². The van der Waals surface area contributed by atoms with Gasteiger partial charge in [0.25, 0.3) is 0 Å². The van der Waals surface area contributed by atoms with Gasteiger partial charge in [0, 0.05) is 6.04 Å². The summed E-state index contributed by atoms with van der Waals surface area (Å²) in [5.74, 6) is -0.288. The van der Waals surface area contributed by atoms with E-state index in [-0.39, 0.29) is 18.1 Å². The average Bonchev–Trinajstić information content (AvgIpc) is 2.90. The predicted octanol–water partition coefficient (Wildman–Crippen LogP) is 2.15. The Morgan fingerprint density at radius 3 is 2.82 bits per heavy atom. The number of ether oxygens (including phenoxy) is 1. The molecule has 3 nitrogen and oxygen atoms in total. The second-order valence-electron chi connectivity index (χ2n) is 4.17. The molecule has 1 aromatic rings. The summed E-state index contributed by atoms with van der Waals surface area (Å²) in [6, 6.07) is 9.25. The van der Waals surface area contributed by atoms with E-state index in [1.54, 1.807) is 18.2 Å². The molecule has 90 valence electrons. The van der Waals surface area contributed by atoms with Crippen molar-refractivity contribution >= 4 is 5.97 Å². The van der Waals surface area contributed by atoms with Crippen LogP contribution < -0.4 is 5.32 Å². The fourth-order valence-electron chi connectivity index (χ4n) is 2.05. The predicted molar refractivity (Wildman–Crippen MR) is 66.9 cm³/mol. The quantitative estimate of drug-likeness (QED) is 0.637. The van der Waals surface area contributed by atoms with Crippen molar-refractivity contribution < 1.29 is 9.53 Å². The van der Waals surface area contributed by atoms with E-state index < -0.39 is 0 Å². The molecule has 1 saturated heterocycles.